The highest BCUT2D eigenvalue weighted by Crippen LogP contribution is 2.57. The molecule has 15 nitrogen and oxygen atoms in total. The van der Waals surface area contributed by atoms with Crippen molar-refractivity contribution in [2.45, 2.75) is 12.3 Å². The summed E-state index contributed by atoms with van der Waals surface area (Å²) in [7, 11) is -10.5. The molecule has 0 fully saturated rings. The van der Waals surface area contributed by atoms with Crippen LogP contribution in [0, 0.1) is 0 Å². The van der Waals surface area contributed by atoms with E-state index in [1.807, 2.05) is 0 Å². The third kappa shape index (κ3) is 4.10. The molecular weight excluding hydrogens is 412 g/mol. The van der Waals surface area contributed by atoms with Crippen molar-refractivity contribution in [1.82, 2.24) is 19.5 Å². The van der Waals surface area contributed by atoms with Gasteiger partial charge in [-0.15, -0.1) is 0 Å². The van der Waals surface area contributed by atoms with Crippen molar-refractivity contribution >= 4 is 32.6 Å². The Balaban J connectivity index is 1.77. The summed E-state index contributed by atoms with van der Waals surface area (Å²) in [6.07, 6.45) is -0.536. The second kappa shape index (κ2) is 6.82. The van der Waals surface area contributed by atoms with Crippen LogP contribution < -0.4 is 5.73 Å². The number of rotatable bonds is 6. The maximum absolute atomic E-state index is 11.4. The largest absolute Gasteiger partial charge is 0.506 e. The molecule has 7 N–H and O–H groups in total. The number of anilines is 1. The fourth-order valence-corrected chi connectivity index (χ4v) is 3.79. The first-order chi connectivity index (χ1) is 12.5. The molecule has 3 heterocycles. The smallest absolute Gasteiger partial charge is 0.481 e. The van der Waals surface area contributed by atoms with Gasteiger partial charge in [-0.25, -0.2) is 24.1 Å². The van der Waals surface area contributed by atoms with Gasteiger partial charge in [-0.05, 0) is 0 Å². The van der Waals surface area contributed by atoms with Gasteiger partial charge in [-0.3, -0.25) is 9.09 Å². The predicted octanol–water partition coefficient (Wildman–Crippen LogP) is -0.706. The number of hydrogen-bond acceptors (Lipinski definition) is 11. The van der Waals surface area contributed by atoms with Crippen molar-refractivity contribution in [2.24, 2.45) is 0 Å². The normalized spacial score (nSPS) is 22.8. The number of nitrogens with zero attached hydrogens (tertiary/aromatic N) is 4. The quantitative estimate of drug-likeness (QED) is 0.314. The molecule has 0 aliphatic carbocycles. The number of aromatic nitrogens is 4. The molecule has 0 aromatic carbocycles. The maximum atomic E-state index is 11.4. The molecule has 3 rings (SSSR count). The number of aliphatic hydroxyl groups excluding tert-OH is 2. The number of nitrogens with two attached hydrogens (primary N) is 1. The zero-order valence-electron chi connectivity index (χ0n) is 13.1. The van der Waals surface area contributed by atoms with E-state index in [0.29, 0.717) is 0 Å². The molecule has 3 atom stereocenters. The van der Waals surface area contributed by atoms with Crippen LogP contribution in [0.15, 0.2) is 24.2 Å². The van der Waals surface area contributed by atoms with E-state index in [9.17, 15) is 24.2 Å². The summed E-state index contributed by atoms with van der Waals surface area (Å²) >= 11 is 0. The van der Waals surface area contributed by atoms with Gasteiger partial charge >= 0.3 is 15.6 Å². The van der Waals surface area contributed by atoms with Gasteiger partial charge in [-0.1, -0.05) is 0 Å². The molecule has 0 radical (unpaired) electrons. The molecule has 0 saturated heterocycles. The maximum Gasteiger partial charge on any atom is 0.481 e. The number of phosphoric ester groups is 1. The third-order valence-electron chi connectivity index (χ3n) is 3.33. The van der Waals surface area contributed by atoms with E-state index in [1.165, 1.54) is 10.9 Å². The Morgan fingerprint density at radius 3 is 2.63 bits per heavy atom. The monoisotopic (exact) mass is 425 g/mol. The number of nitrogen functional groups attached to an aromatic ring is 1. The van der Waals surface area contributed by atoms with E-state index < -0.39 is 46.1 Å². The molecule has 0 spiro atoms. The summed E-state index contributed by atoms with van der Waals surface area (Å²) in [5.41, 5.74) is 6.05. The van der Waals surface area contributed by atoms with Gasteiger partial charge in [0, 0.05) is 0 Å². The zero-order chi connectivity index (χ0) is 20.0. The highest BCUT2D eigenvalue weighted by atomic mass is 31.3. The van der Waals surface area contributed by atoms with E-state index in [-0.39, 0.29) is 17.0 Å². The summed E-state index contributed by atoms with van der Waals surface area (Å²) in [5, 5.41) is 20.1. The van der Waals surface area contributed by atoms with Gasteiger partial charge in [0.1, 0.15) is 24.8 Å². The van der Waals surface area contributed by atoms with E-state index in [1.54, 1.807) is 0 Å². The number of ether oxygens (including phenoxy) is 1. The molecule has 2 aromatic heterocycles. The van der Waals surface area contributed by atoms with Crippen molar-refractivity contribution < 1.29 is 47.6 Å². The van der Waals surface area contributed by atoms with E-state index in [2.05, 4.69) is 23.8 Å². The minimum Gasteiger partial charge on any atom is -0.506 e. The van der Waals surface area contributed by atoms with Crippen LogP contribution in [-0.4, -0.2) is 57.1 Å². The third-order valence-corrected chi connectivity index (χ3v) is 5.46. The molecule has 2 aromatic rings. The van der Waals surface area contributed by atoms with Crippen molar-refractivity contribution in [1.29, 1.82) is 0 Å². The minimum absolute atomic E-state index is 0.0720. The summed E-state index contributed by atoms with van der Waals surface area (Å²) in [5.74, 6) is -1.14. The first-order valence-corrected chi connectivity index (χ1v) is 9.95. The first kappa shape index (κ1) is 19.7. The number of phosphoric acid groups is 2. The lowest BCUT2D eigenvalue weighted by molar-refractivity contribution is -0.0119. The minimum atomic E-state index is -5.30. The van der Waals surface area contributed by atoms with Crippen molar-refractivity contribution in [3.05, 3.63) is 24.2 Å². The van der Waals surface area contributed by atoms with Crippen LogP contribution in [0.4, 0.5) is 5.82 Å². The molecule has 0 saturated carbocycles. The predicted molar refractivity (Wildman–Crippen MR) is 84.4 cm³/mol. The summed E-state index contributed by atoms with van der Waals surface area (Å²) in [6.45, 7) is -0.934. The van der Waals surface area contributed by atoms with Gasteiger partial charge in [0.05, 0.1) is 0 Å². The zero-order valence-corrected chi connectivity index (χ0v) is 14.8. The first-order valence-electron chi connectivity index (χ1n) is 6.92. The van der Waals surface area contributed by atoms with Gasteiger partial charge in [-0.2, -0.15) is 4.31 Å². The van der Waals surface area contributed by atoms with Crippen LogP contribution in [-0.2, 0) is 22.7 Å². The number of aliphatic hydroxyl groups is 2. The van der Waals surface area contributed by atoms with Crippen LogP contribution in [0.5, 0.6) is 0 Å². The molecule has 27 heavy (non-hydrogen) atoms. The van der Waals surface area contributed by atoms with Crippen LogP contribution in [0.1, 0.15) is 6.23 Å². The number of hydrogen-bond donors (Lipinski definition) is 6. The lowest BCUT2D eigenvalue weighted by Crippen LogP contribution is -2.22. The Kier molecular flexibility index (Phi) is 4.96. The molecule has 0 bridgehead atoms. The van der Waals surface area contributed by atoms with Gasteiger partial charge in [0.15, 0.2) is 29.1 Å². The molecule has 148 valence electrons. The van der Waals surface area contributed by atoms with Crippen LogP contribution in [0.3, 0.4) is 0 Å². The van der Waals surface area contributed by atoms with E-state index in [0.717, 1.165) is 6.33 Å². The molecular formula is C10H13N5O10P2. The van der Waals surface area contributed by atoms with E-state index >= 15 is 0 Å². The molecule has 0 amide bonds. The summed E-state index contributed by atoms with van der Waals surface area (Å²) < 4.78 is 36.5. The van der Waals surface area contributed by atoms with Crippen LogP contribution in [0.25, 0.3) is 11.2 Å². The molecule has 1 aliphatic rings. The van der Waals surface area contributed by atoms with Gasteiger partial charge in [0.25, 0.3) is 0 Å². The van der Waals surface area contributed by atoms with Gasteiger partial charge in [0.2, 0.25) is 6.23 Å². The van der Waals surface area contributed by atoms with Gasteiger partial charge < -0.3 is 35.4 Å². The van der Waals surface area contributed by atoms with Crippen molar-refractivity contribution in [3.8, 4) is 0 Å². The Labute approximate surface area is 149 Å². The Hall–Kier alpha value is -2.09. The fraction of sp³-hybridized carbons (Fsp3) is 0.300. The summed E-state index contributed by atoms with van der Waals surface area (Å²) in [6, 6.07) is 0. The Morgan fingerprint density at radius 2 is 1.96 bits per heavy atom. The Bertz CT molecular complexity index is 1000. The molecule has 1 unspecified atom stereocenters. The number of imidazole rings is 1. The average Bonchev–Trinajstić information content (AvgIpc) is 3.07. The SMILES string of the molecule is Nc1ncnc2c1ncn2[C@@H]1OC(COP(=O)(O)OP(=O)(O)O)=C(O)[C@H]1O. The second-order valence-electron chi connectivity index (χ2n) is 5.16. The summed E-state index contributed by atoms with van der Waals surface area (Å²) in [4.78, 5) is 38.0. The Morgan fingerprint density at radius 1 is 1.26 bits per heavy atom. The van der Waals surface area contributed by atoms with Crippen LogP contribution in [0.2, 0.25) is 0 Å². The average molecular weight is 425 g/mol. The molecule has 17 heteroatoms. The van der Waals surface area contributed by atoms with E-state index in [4.69, 9.17) is 20.3 Å². The van der Waals surface area contributed by atoms with Crippen molar-refractivity contribution in [2.75, 3.05) is 12.3 Å². The second-order valence-corrected chi connectivity index (χ2v) is 7.99. The van der Waals surface area contributed by atoms with Crippen LogP contribution >= 0.6 is 15.6 Å². The molecule has 1 aliphatic heterocycles. The lowest BCUT2D eigenvalue weighted by atomic mass is 10.2. The van der Waals surface area contributed by atoms with Crippen molar-refractivity contribution in [3.63, 3.8) is 0 Å². The highest BCUT2D eigenvalue weighted by Gasteiger charge is 2.40. The fourth-order valence-electron chi connectivity index (χ4n) is 2.24. The standard InChI is InChI=1S/C10H13N5O10P2/c11-8-5-9(13-2-12-8)15(3-14-5)10-7(17)6(16)4(24-10)1-23-27(21,22)25-26(18,19)20/h2-3,7,10,16-17H,1H2,(H,21,22)(H2,11,12,13)(H2,18,19,20)/t7-,10-/m1/s1. The lowest BCUT2D eigenvalue weighted by Gasteiger charge is -2.17. The highest BCUT2D eigenvalue weighted by molar-refractivity contribution is 7.60. The topological polar surface area (TPSA) is 233 Å². The number of fused-ring (bicyclic) bond motifs is 1.